The molecule has 0 aliphatic rings. The van der Waals surface area contributed by atoms with Gasteiger partial charge < -0.3 is 15.0 Å². The van der Waals surface area contributed by atoms with Gasteiger partial charge in [-0.25, -0.2) is 9.97 Å². The van der Waals surface area contributed by atoms with Crippen molar-refractivity contribution in [2.75, 3.05) is 43.6 Å². The molecule has 0 amide bonds. The largest absolute Gasteiger partial charge is 0.383 e. The molecule has 6 heteroatoms. The molecule has 0 saturated carbocycles. The first-order valence-corrected chi connectivity index (χ1v) is 6.84. The van der Waals surface area contributed by atoms with E-state index in [2.05, 4.69) is 26.3 Å². The van der Waals surface area contributed by atoms with Crippen LogP contribution in [0, 0.1) is 25.2 Å². The van der Waals surface area contributed by atoms with Gasteiger partial charge in [-0.1, -0.05) is 0 Å². The van der Waals surface area contributed by atoms with Gasteiger partial charge in [0.1, 0.15) is 17.5 Å². The molecule has 0 unspecified atom stereocenters. The number of methoxy groups -OCH3 is 1. The quantitative estimate of drug-likeness (QED) is 0.782. The lowest BCUT2D eigenvalue weighted by atomic mass is 10.2. The van der Waals surface area contributed by atoms with E-state index in [1.54, 1.807) is 7.11 Å². The van der Waals surface area contributed by atoms with Crippen LogP contribution in [0.15, 0.2) is 0 Å². The van der Waals surface area contributed by atoms with Gasteiger partial charge in [0.15, 0.2) is 0 Å². The van der Waals surface area contributed by atoms with Crippen molar-refractivity contribution >= 4 is 11.6 Å². The smallest absolute Gasteiger partial charge is 0.137 e. The molecular formula is C14H23N5O. The van der Waals surface area contributed by atoms with E-state index in [9.17, 15) is 0 Å². The molecule has 20 heavy (non-hydrogen) atoms. The Labute approximate surface area is 120 Å². The van der Waals surface area contributed by atoms with Crippen molar-refractivity contribution in [1.82, 2.24) is 9.97 Å². The molecule has 1 N–H and O–H groups in total. The fourth-order valence-electron chi connectivity index (χ4n) is 1.97. The van der Waals surface area contributed by atoms with Gasteiger partial charge in [0.2, 0.25) is 0 Å². The van der Waals surface area contributed by atoms with E-state index >= 15 is 0 Å². The van der Waals surface area contributed by atoms with E-state index in [-0.39, 0.29) is 0 Å². The summed E-state index contributed by atoms with van der Waals surface area (Å²) in [6.45, 7) is 8.68. The molecule has 0 aliphatic heterocycles. The third-order valence-electron chi connectivity index (χ3n) is 2.93. The van der Waals surface area contributed by atoms with Gasteiger partial charge in [-0.3, -0.25) is 0 Å². The maximum Gasteiger partial charge on any atom is 0.137 e. The molecule has 0 atom stereocenters. The Morgan fingerprint density at radius 3 is 2.65 bits per heavy atom. The Morgan fingerprint density at radius 2 is 2.05 bits per heavy atom. The van der Waals surface area contributed by atoms with Crippen LogP contribution in [0.1, 0.15) is 24.7 Å². The summed E-state index contributed by atoms with van der Waals surface area (Å²) in [4.78, 5) is 11.0. The fourth-order valence-corrected chi connectivity index (χ4v) is 1.97. The highest BCUT2D eigenvalue weighted by Crippen LogP contribution is 2.23. The minimum absolute atomic E-state index is 0.461. The third-order valence-corrected chi connectivity index (χ3v) is 2.93. The second-order valence-electron chi connectivity index (χ2n) is 4.49. The number of hydrogen-bond donors (Lipinski definition) is 1. The molecule has 0 fully saturated rings. The van der Waals surface area contributed by atoms with Crippen molar-refractivity contribution in [1.29, 1.82) is 5.26 Å². The van der Waals surface area contributed by atoms with Crippen LogP contribution in [0.2, 0.25) is 0 Å². The van der Waals surface area contributed by atoms with Gasteiger partial charge in [-0.2, -0.15) is 5.26 Å². The van der Waals surface area contributed by atoms with Crippen LogP contribution in [-0.2, 0) is 4.74 Å². The Kier molecular flexibility index (Phi) is 6.74. The number of anilines is 2. The van der Waals surface area contributed by atoms with E-state index < -0.39 is 0 Å². The molecule has 1 rings (SSSR count). The molecule has 6 nitrogen and oxygen atoms in total. The third kappa shape index (κ3) is 4.35. The van der Waals surface area contributed by atoms with Gasteiger partial charge >= 0.3 is 0 Å². The minimum atomic E-state index is 0.461. The number of hydrogen-bond acceptors (Lipinski definition) is 6. The van der Waals surface area contributed by atoms with Crippen LogP contribution < -0.4 is 10.2 Å². The number of ether oxygens (including phenoxy) is 1. The van der Waals surface area contributed by atoms with Crippen LogP contribution in [0.5, 0.6) is 0 Å². The Balaban J connectivity index is 3.07. The van der Waals surface area contributed by atoms with Gasteiger partial charge in [-0.15, -0.1) is 0 Å². The highest BCUT2D eigenvalue weighted by Gasteiger charge is 2.15. The maximum atomic E-state index is 8.80. The maximum absolute atomic E-state index is 8.80. The highest BCUT2D eigenvalue weighted by molar-refractivity contribution is 5.58. The van der Waals surface area contributed by atoms with Crippen LogP contribution in [0.4, 0.5) is 11.6 Å². The molecule has 1 aromatic rings. The Morgan fingerprint density at radius 1 is 1.30 bits per heavy atom. The summed E-state index contributed by atoms with van der Waals surface area (Å²) >= 11 is 0. The van der Waals surface area contributed by atoms with Gasteiger partial charge in [-0.05, 0) is 20.8 Å². The lowest BCUT2D eigenvalue weighted by molar-refractivity contribution is 0.205. The van der Waals surface area contributed by atoms with Gasteiger partial charge in [0.05, 0.1) is 19.1 Å². The molecule has 0 aromatic carbocycles. The van der Waals surface area contributed by atoms with E-state index in [1.807, 2.05) is 20.8 Å². The van der Waals surface area contributed by atoms with Crippen molar-refractivity contribution in [3.05, 3.63) is 11.4 Å². The molecule has 0 saturated heterocycles. The number of nitrogens with one attached hydrogen (secondary N) is 1. The number of nitrogens with zero attached hydrogens (tertiary/aromatic N) is 4. The average Bonchev–Trinajstić information content (AvgIpc) is 2.43. The van der Waals surface area contributed by atoms with Crippen molar-refractivity contribution in [3.8, 4) is 6.07 Å². The Bertz CT molecular complexity index is 469. The lowest BCUT2D eigenvalue weighted by Crippen LogP contribution is -2.30. The first-order chi connectivity index (χ1) is 9.63. The average molecular weight is 277 g/mol. The van der Waals surface area contributed by atoms with E-state index in [0.717, 1.165) is 29.6 Å². The van der Waals surface area contributed by atoms with Crippen LogP contribution in [0.3, 0.4) is 0 Å². The zero-order valence-electron chi connectivity index (χ0n) is 12.7. The van der Waals surface area contributed by atoms with Crippen LogP contribution in [0.25, 0.3) is 0 Å². The standard InChI is InChI=1S/C14H23N5O/c1-5-16-13-11(2)14(18-12(3)17-13)19(8-6-7-15)9-10-20-4/h5-6,8-10H2,1-4H3,(H,16,17,18). The number of aryl methyl sites for hydroxylation is 1. The van der Waals surface area contributed by atoms with Gasteiger partial charge in [0, 0.05) is 32.3 Å². The summed E-state index contributed by atoms with van der Waals surface area (Å²) in [5.41, 5.74) is 1.01. The first-order valence-electron chi connectivity index (χ1n) is 6.84. The SMILES string of the molecule is CCNc1nc(C)nc(N(CCC#N)CCOC)c1C. The van der Waals surface area contributed by atoms with Crippen molar-refractivity contribution < 1.29 is 4.74 Å². The van der Waals surface area contributed by atoms with E-state index in [1.165, 1.54) is 0 Å². The summed E-state index contributed by atoms with van der Waals surface area (Å²) in [7, 11) is 1.67. The van der Waals surface area contributed by atoms with E-state index in [4.69, 9.17) is 10.00 Å². The topological polar surface area (TPSA) is 74.1 Å². The van der Waals surface area contributed by atoms with E-state index in [0.29, 0.717) is 26.1 Å². The zero-order valence-corrected chi connectivity index (χ0v) is 12.7. The summed E-state index contributed by atoms with van der Waals surface area (Å²) in [6, 6.07) is 2.18. The molecule has 0 bridgehead atoms. The lowest BCUT2D eigenvalue weighted by Gasteiger charge is -2.25. The Hall–Kier alpha value is -1.87. The number of rotatable bonds is 8. The fraction of sp³-hybridized carbons (Fsp3) is 0.643. The minimum Gasteiger partial charge on any atom is -0.383 e. The van der Waals surface area contributed by atoms with Crippen molar-refractivity contribution in [2.24, 2.45) is 0 Å². The second-order valence-corrected chi connectivity index (χ2v) is 4.49. The molecule has 1 aromatic heterocycles. The summed E-state index contributed by atoms with van der Waals surface area (Å²) < 4.78 is 5.14. The zero-order chi connectivity index (χ0) is 15.0. The van der Waals surface area contributed by atoms with Crippen LogP contribution in [-0.4, -0.2) is 43.3 Å². The highest BCUT2D eigenvalue weighted by atomic mass is 16.5. The predicted molar refractivity (Wildman–Crippen MR) is 80.0 cm³/mol. The molecular weight excluding hydrogens is 254 g/mol. The number of aromatic nitrogens is 2. The molecule has 0 radical (unpaired) electrons. The summed E-state index contributed by atoms with van der Waals surface area (Å²) in [6.07, 6.45) is 0.461. The molecule has 1 heterocycles. The molecule has 0 spiro atoms. The summed E-state index contributed by atoms with van der Waals surface area (Å²) in [5.74, 6) is 2.45. The summed E-state index contributed by atoms with van der Waals surface area (Å²) in [5, 5.41) is 12.0. The number of nitriles is 1. The normalized spacial score (nSPS) is 10.2. The molecule has 110 valence electrons. The first kappa shape index (κ1) is 16.2. The molecule has 0 aliphatic carbocycles. The monoisotopic (exact) mass is 277 g/mol. The van der Waals surface area contributed by atoms with Crippen molar-refractivity contribution in [3.63, 3.8) is 0 Å². The predicted octanol–water partition coefficient (Wildman–Crippen LogP) is 1.89. The van der Waals surface area contributed by atoms with Gasteiger partial charge in [0.25, 0.3) is 0 Å². The van der Waals surface area contributed by atoms with Crippen molar-refractivity contribution in [2.45, 2.75) is 27.2 Å². The second kappa shape index (κ2) is 8.33. The van der Waals surface area contributed by atoms with Crippen LogP contribution >= 0.6 is 0 Å².